The lowest BCUT2D eigenvalue weighted by Crippen LogP contribution is -2.54. The third-order valence-electron chi connectivity index (χ3n) is 7.09. The Balaban J connectivity index is 1.51. The first-order valence-electron chi connectivity index (χ1n) is 10.8. The highest BCUT2D eigenvalue weighted by atomic mass is 16.5. The van der Waals surface area contributed by atoms with Crippen molar-refractivity contribution in [1.82, 2.24) is 14.8 Å². The van der Waals surface area contributed by atoms with Gasteiger partial charge < -0.3 is 14.6 Å². The van der Waals surface area contributed by atoms with Crippen molar-refractivity contribution in [3.05, 3.63) is 23.0 Å². The predicted molar refractivity (Wildman–Crippen MR) is 108 cm³/mol. The number of ether oxygens (including phenoxy) is 1. The van der Waals surface area contributed by atoms with Crippen LogP contribution in [-0.2, 0) is 16.1 Å². The van der Waals surface area contributed by atoms with E-state index in [9.17, 15) is 14.4 Å². The molecular weight excluding hydrogens is 370 g/mol. The first kappa shape index (κ1) is 20.1. The van der Waals surface area contributed by atoms with Crippen LogP contribution in [0.5, 0.6) is 0 Å². The van der Waals surface area contributed by atoms with E-state index in [1.54, 1.807) is 0 Å². The average Bonchev–Trinajstić information content (AvgIpc) is 3.36. The summed E-state index contributed by atoms with van der Waals surface area (Å²) in [5, 5.41) is 2.92. The number of nitrogens with zero attached hydrogens (tertiary/aromatic N) is 2. The molecule has 3 amide bonds. The minimum atomic E-state index is -0.827. The van der Waals surface area contributed by atoms with Crippen molar-refractivity contribution in [1.29, 1.82) is 0 Å². The zero-order valence-electron chi connectivity index (χ0n) is 17.6. The van der Waals surface area contributed by atoms with Gasteiger partial charge in [0.05, 0.1) is 12.6 Å². The number of amides is 3. The summed E-state index contributed by atoms with van der Waals surface area (Å²) in [6, 6.07) is 1.43. The van der Waals surface area contributed by atoms with Gasteiger partial charge in [-0.2, -0.15) is 0 Å². The molecule has 0 radical (unpaired) electrons. The van der Waals surface area contributed by atoms with Gasteiger partial charge in [-0.1, -0.05) is 19.8 Å². The Hall–Kier alpha value is -2.15. The third-order valence-corrected chi connectivity index (χ3v) is 7.09. The van der Waals surface area contributed by atoms with Crippen LogP contribution >= 0.6 is 0 Å². The largest absolute Gasteiger partial charge is 0.376 e. The molecule has 1 aliphatic carbocycles. The summed E-state index contributed by atoms with van der Waals surface area (Å²) < 4.78 is 7.85. The summed E-state index contributed by atoms with van der Waals surface area (Å²) in [7, 11) is 0. The molecule has 4 rings (SSSR count). The van der Waals surface area contributed by atoms with Gasteiger partial charge in [0.15, 0.2) is 5.78 Å². The number of carbonyl (C=O) groups excluding carboxylic acids is 3. The van der Waals surface area contributed by atoms with E-state index in [-0.39, 0.29) is 30.3 Å². The Labute approximate surface area is 171 Å². The van der Waals surface area contributed by atoms with E-state index in [0.717, 1.165) is 61.5 Å². The lowest BCUT2D eigenvalue weighted by molar-refractivity contribution is -0.133. The molecule has 3 atom stereocenters. The number of ketones is 1. The smallest absolute Gasteiger partial charge is 0.325 e. The molecule has 158 valence electrons. The van der Waals surface area contributed by atoms with E-state index >= 15 is 0 Å². The number of nitrogens with one attached hydrogen (secondary N) is 1. The summed E-state index contributed by atoms with van der Waals surface area (Å²) in [4.78, 5) is 39.9. The molecule has 7 nitrogen and oxygen atoms in total. The van der Waals surface area contributed by atoms with Crippen LogP contribution in [0.2, 0.25) is 0 Å². The van der Waals surface area contributed by atoms with Crippen molar-refractivity contribution in [2.24, 2.45) is 5.92 Å². The average molecular weight is 402 g/mol. The van der Waals surface area contributed by atoms with Gasteiger partial charge in [-0.05, 0) is 51.5 Å². The number of hydrogen-bond donors (Lipinski definition) is 1. The zero-order valence-corrected chi connectivity index (χ0v) is 17.6. The van der Waals surface area contributed by atoms with Crippen LogP contribution in [0.15, 0.2) is 6.07 Å². The van der Waals surface area contributed by atoms with Gasteiger partial charge in [0.25, 0.3) is 5.91 Å². The van der Waals surface area contributed by atoms with E-state index in [4.69, 9.17) is 4.74 Å². The van der Waals surface area contributed by atoms with E-state index in [2.05, 4.69) is 9.88 Å². The van der Waals surface area contributed by atoms with Crippen LogP contribution in [0.3, 0.4) is 0 Å². The number of imide groups is 1. The zero-order chi connectivity index (χ0) is 20.8. The molecule has 1 spiro atoms. The maximum atomic E-state index is 13.1. The lowest BCUT2D eigenvalue weighted by atomic mass is 9.73. The highest BCUT2D eigenvalue weighted by Crippen LogP contribution is 2.38. The number of hydrogen-bond acceptors (Lipinski definition) is 4. The van der Waals surface area contributed by atoms with E-state index in [1.807, 2.05) is 26.8 Å². The SMILES string of the molecule is Cc1cc(C(=O)CN2C(=O)N[C@]3(CCCC[C@@H]3C)C2=O)c(C)n1C[C@@H]1CCCO1. The summed E-state index contributed by atoms with van der Waals surface area (Å²) in [5.41, 5.74) is 1.62. The third kappa shape index (κ3) is 3.39. The molecule has 2 saturated heterocycles. The summed E-state index contributed by atoms with van der Waals surface area (Å²) >= 11 is 0. The van der Waals surface area contributed by atoms with Gasteiger partial charge in [0, 0.05) is 30.1 Å². The van der Waals surface area contributed by atoms with Crippen LogP contribution in [0.1, 0.15) is 67.2 Å². The summed E-state index contributed by atoms with van der Waals surface area (Å²) in [6.07, 6.45) is 5.84. The minimum Gasteiger partial charge on any atom is -0.376 e. The van der Waals surface area contributed by atoms with Crippen molar-refractivity contribution >= 4 is 17.7 Å². The van der Waals surface area contributed by atoms with Gasteiger partial charge in [0.2, 0.25) is 0 Å². The number of carbonyl (C=O) groups is 3. The molecule has 1 N–H and O–H groups in total. The normalized spacial score (nSPS) is 29.7. The fourth-order valence-corrected chi connectivity index (χ4v) is 5.22. The van der Waals surface area contributed by atoms with Crippen molar-refractivity contribution in [3.63, 3.8) is 0 Å². The quantitative estimate of drug-likeness (QED) is 0.608. The molecule has 0 aromatic carbocycles. The highest BCUT2D eigenvalue weighted by molar-refractivity contribution is 6.11. The topological polar surface area (TPSA) is 80.6 Å². The molecule has 29 heavy (non-hydrogen) atoms. The number of aryl methyl sites for hydroxylation is 1. The molecule has 3 heterocycles. The molecule has 7 heteroatoms. The Morgan fingerprint density at radius 1 is 1.24 bits per heavy atom. The second-order valence-corrected chi connectivity index (χ2v) is 8.89. The monoisotopic (exact) mass is 401 g/mol. The maximum absolute atomic E-state index is 13.1. The standard InChI is InChI=1S/C22H31N3O4/c1-14-7-4-5-9-22(14)20(27)25(21(28)23-22)13-19(26)18-11-15(2)24(16(18)3)12-17-8-6-10-29-17/h11,14,17H,4-10,12-13H2,1-3H3,(H,23,28)/t14-,17-,22-/m0/s1. The molecule has 1 aromatic rings. The van der Waals surface area contributed by atoms with Crippen LogP contribution in [0.4, 0.5) is 4.79 Å². The fourth-order valence-electron chi connectivity index (χ4n) is 5.22. The van der Waals surface area contributed by atoms with E-state index in [1.165, 1.54) is 0 Å². The molecule has 3 aliphatic rings. The summed E-state index contributed by atoms with van der Waals surface area (Å²) in [5.74, 6) is -0.346. The minimum absolute atomic E-state index is 0.0873. The predicted octanol–water partition coefficient (Wildman–Crippen LogP) is 2.97. The lowest BCUT2D eigenvalue weighted by Gasteiger charge is -2.36. The van der Waals surface area contributed by atoms with Gasteiger partial charge in [0.1, 0.15) is 5.54 Å². The fraction of sp³-hybridized carbons (Fsp3) is 0.682. The Bertz CT molecular complexity index is 839. The van der Waals surface area contributed by atoms with Crippen molar-refractivity contribution in [2.75, 3.05) is 13.2 Å². The Morgan fingerprint density at radius 2 is 2.03 bits per heavy atom. The Morgan fingerprint density at radius 3 is 2.72 bits per heavy atom. The number of urea groups is 1. The first-order chi connectivity index (χ1) is 13.8. The van der Waals surface area contributed by atoms with Gasteiger partial charge >= 0.3 is 6.03 Å². The van der Waals surface area contributed by atoms with Crippen LogP contribution in [0, 0.1) is 19.8 Å². The van der Waals surface area contributed by atoms with Gasteiger partial charge in [-0.3, -0.25) is 14.5 Å². The Kier molecular flexibility index (Phi) is 5.27. The molecule has 1 aromatic heterocycles. The van der Waals surface area contributed by atoms with Crippen molar-refractivity contribution in [2.45, 2.75) is 77.5 Å². The summed E-state index contributed by atoms with van der Waals surface area (Å²) in [6.45, 7) is 7.23. The molecule has 3 fully saturated rings. The molecule has 0 bridgehead atoms. The van der Waals surface area contributed by atoms with Crippen LogP contribution < -0.4 is 5.32 Å². The molecule has 1 saturated carbocycles. The molecule has 0 unspecified atom stereocenters. The van der Waals surface area contributed by atoms with Gasteiger partial charge in [-0.25, -0.2) is 4.79 Å². The highest BCUT2D eigenvalue weighted by Gasteiger charge is 2.55. The second kappa shape index (κ2) is 7.59. The van der Waals surface area contributed by atoms with Crippen molar-refractivity contribution < 1.29 is 19.1 Å². The number of rotatable bonds is 5. The number of Topliss-reactive ketones (excluding diaryl/α,β-unsaturated/α-hetero) is 1. The van der Waals surface area contributed by atoms with Crippen LogP contribution in [0.25, 0.3) is 0 Å². The van der Waals surface area contributed by atoms with E-state index < -0.39 is 11.6 Å². The van der Waals surface area contributed by atoms with E-state index in [0.29, 0.717) is 12.0 Å². The molecule has 2 aliphatic heterocycles. The van der Waals surface area contributed by atoms with Gasteiger partial charge in [-0.15, -0.1) is 0 Å². The number of aromatic nitrogens is 1. The van der Waals surface area contributed by atoms with Crippen LogP contribution in [-0.4, -0.2) is 52.0 Å². The first-order valence-corrected chi connectivity index (χ1v) is 10.8. The molecular formula is C22H31N3O4. The second-order valence-electron chi connectivity index (χ2n) is 8.89. The van der Waals surface area contributed by atoms with Crippen molar-refractivity contribution in [3.8, 4) is 0 Å². The maximum Gasteiger partial charge on any atom is 0.325 e.